The molecule has 0 spiro atoms. The van der Waals surface area contributed by atoms with E-state index in [4.69, 9.17) is 0 Å². The zero-order valence-corrected chi connectivity index (χ0v) is 15.7. The molecule has 140 valence electrons. The Labute approximate surface area is 157 Å². The molecule has 2 aromatic carbocycles. The molecule has 8 heteroatoms. The van der Waals surface area contributed by atoms with Gasteiger partial charge in [0.25, 0.3) is 5.91 Å². The monoisotopic (exact) mass is 384 g/mol. The lowest BCUT2D eigenvalue weighted by Crippen LogP contribution is -2.26. The number of fused-ring (bicyclic) bond motifs is 1. The number of hydrogen-bond donors (Lipinski definition) is 2. The summed E-state index contributed by atoms with van der Waals surface area (Å²) in [6, 6.07) is 13.6. The Morgan fingerprint density at radius 3 is 2.74 bits per heavy atom. The van der Waals surface area contributed by atoms with Gasteiger partial charge >= 0.3 is 0 Å². The van der Waals surface area contributed by atoms with Crippen molar-refractivity contribution in [3.05, 3.63) is 72.6 Å². The normalized spacial score (nSPS) is 11.4. The highest BCUT2D eigenvalue weighted by Gasteiger charge is 2.16. The Morgan fingerprint density at radius 2 is 2.00 bits per heavy atom. The van der Waals surface area contributed by atoms with E-state index in [1.807, 2.05) is 35.9 Å². The molecule has 1 heterocycles. The maximum Gasteiger partial charge on any atom is 0.251 e. The number of nitrogens with one attached hydrogen (secondary N) is 2. The van der Waals surface area contributed by atoms with Crippen LogP contribution < -0.4 is 10.0 Å². The summed E-state index contributed by atoms with van der Waals surface area (Å²) in [5.41, 5.74) is 2.09. The number of para-hydroxylation sites is 2. The fourth-order valence-corrected chi connectivity index (χ4v) is 3.72. The van der Waals surface area contributed by atoms with E-state index in [1.54, 1.807) is 6.07 Å². The van der Waals surface area contributed by atoms with Gasteiger partial charge in [0.2, 0.25) is 10.0 Å². The molecule has 7 nitrogen and oxygen atoms in total. The zero-order valence-electron chi connectivity index (χ0n) is 14.8. The Hall–Kier alpha value is -2.97. The summed E-state index contributed by atoms with van der Waals surface area (Å²) in [4.78, 5) is 17.0. The van der Waals surface area contributed by atoms with Crippen molar-refractivity contribution in [2.24, 2.45) is 7.05 Å². The molecule has 0 fully saturated rings. The average molecular weight is 384 g/mol. The summed E-state index contributed by atoms with van der Waals surface area (Å²) in [5.74, 6) is 0.337. The highest BCUT2D eigenvalue weighted by atomic mass is 32.2. The van der Waals surface area contributed by atoms with Crippen LogP contribution in [0.5, 0.6) is 0 Å². The van der Waals surface area contributed by atoms with Crippen LogP contribution in [0, 0.1) is 0 Å². The Bertz CT molecular complexity index is 1100. The lowest BCUT2D eigenvalue weighted by atomic mass is 10.2. The molecule has 0 radical (unpaired) electrons. The van der Waals surface area contributed by atoms with Gasteiger partial charge in [-0.2, -0.15) is 0 Å². The first-order chi connectivity index (χ1) is 12.9. The van der Waals surface area contributed by atoms with Crippen LogP contribution in [0.1, 0.15) is 16.2 Å². The van der Waals surface area contributed by atoms with Gasteiger partial charge in [-0.3, -0.25) is 4.79 Å². The Kier molecular flexibility index (Phi) is 5.38. The SMILES string of the molecule is C=CCNS(=O)(=O)c1cccc(C(=O)NCc2nc3ccccc3n2C)c1. The predicted molar refractivity (Wildman–Crippen MR) is 104 cm³/mol. The number of carbonyl (C=O) groups excluding carboxylic acids is 1. The van der Waals surface area contributed by atoms with Gasteiger partial charge in [0.05, 0.1) is 22.5 Å². The first kappa shape index (κ1) is 18.8. The molecule has 0 aliphatic rings. The van der Waals surface area contributed by atoms with Crippen LogP contribution >= 0.6 is 0 Å². The topological polar surface area (TPSA) is 93.1 Å². The summed E-state index contributed by atoms with van der Waals surface area (Å²) in [7, 11) is -1.80. The maximum absolute atomic E-state index is 12.5. The smallest absolute Gasteiger partial charge is 0.251 e. The van der Waals surface area contributed by atoms with Gasteiger partial charge in [-0.15, -0.1) is 6.58 Å². The van der Waals surface area contributed by atoms with E-state index in [2.05, 4.69) is 21.6 Å². The number of carbonyl (C=O) groups is 1. The minimum Gasteiger partial charge on any atom is -0.345 e. The molecule has 0 unspecified atom stereocenters. The third-order valence-corrected chi connectivity index (χ3v) is 5.53. The van der Waals surface area contributed by atoms with Gasteiger partial charge in [-0.05, 0) is 30.3 Å². The standard InChI is InChI=1S/C19H20N4O3S/c1-3-11-21-27(25,26)15-8-6-7-14(12-15)19(24)20-13-18-22-16-9-4-5-10-17(16)23(18)2/h3-10,12,21H,1,11,13H2,2H3,(H,20,24). The second-order valence-corrected chi connectivity index (χ2v) is 7.69. The van der Waals surface area contributed by atoms with Crippen molar-refractivity contribution in [1.82, 2.24) is 19.6 Å². The molecule has 1 amide bonds. The first-order valence-corrected chi connectivity index (χ1v) is 9.80. The molecule has 3 aromatic rings. The van der Waals surface area contributed by atoms with Gasteiger partial charge in [-0.1, -0.05) is 24.3 Å². The van der Waals surface area contributed by atoms with Crippen molar-refractivity contribution >= 4 is 27.0 Å². The van der Waals surface area contributed by atoms with E-state index in [1.165, 1.54) is 24.3 Å². The summed E-state index contributed by atoms with van der Waals surface area (Å²) in [5, 5.41) is 2.79. The highest BCUT2D eigenvalue weighted by molar-refractivity contribution is 7.89. The third kappa shape index (κ3) is 4.07. The largest absolute Gasteiger partial charge is 0.345 e. The van der Waals surface area contributed by atoms with E-state index in [9.17, 15) is 13.2 Å². The first-order valence-electron chi connectivity index (χ1n) is 8.31. The summed E-state index contributed by atoms with van der Waals surface area (Å²) in [6.45, 7) is 3.83. The molecule has 3 rings (SSSR count). The number of hydrogen-bond acceptors (Lipinski definition) is 4. The van der Waals surface area contributed by atoms with E-state index < -0.39 is 10.0 Å². The fourth-order valence-electron chi connectivity index (χ4n) is 2.67. The Morgan fingerprint density at radius 1 is 1.22 bits per heavy atom. The number of aromatic nitrogens is 2. The average Bonchev–Trinajstić information content (AvgIpc) is 3.00. The van der Waals surface area contributed by atoms with Gasteiger partial charge < -0.3 is 9.88 Å². The van der Waals surface area contributed by atoms with Crippen molar-refractivity contribution in [3.63, 3.8) is 0 Å². The number of aryl methyl sites for hydroxylation is 1. The van der Waals surface area contributed by atoms with Gasteiger partial charge in [0.15, 0.2) is 0 Å². The summed E-state index contributed by atoms with van der Waals surface area (Å²) < 4.78 is 28.7. The molecule has 0 aliphatic carbocycles. The number of benzene rings is 2. The number of sulfonamides is 1. The molecular formula is C19H20N4O3S. The molecule has 0 saturated carbocycles. The summed E-state index contributed by atoms with van der Waals surface area (Å²) >= 11 is 0. The van der Waals surface area contributed by atoms with E-state index in [0.29, 0.717) is 5.82 Å². The van der Waals surface area contributed by atoms with Gasteiger partial charge in [0, 0.05) is 19.2 Å². The molecule has 0 atom stereocenters. The number of nitrogens with zero attached hydrogens (tertiary/aromatic N) is 2. The van der Waals surface area contributed by atoms with Crippen LogP contribution in [0.25, 0.3) is 11.0 Å². The minimum absolute atomic E-state index is 0.0275. The maximum atomic E-state index is 12.5. The molecule has 0 bridgehead atoms. The lowest BCUT2D eigenvalue weighted by Gasteiger charge is -2.08. The predicted octanol–water partition coefficient (Wildman–Crippen LogP) is 1.97. The van der Waals surface area contributed by atoms with Crippen LogP contribution in [0.4, 0.5) is 0 Å². The fraction of sp³-hybridized carbons (Fsp3) is 0.158. The second kappa shape index (κ2) is 7.73. The molecule has 1 aromatic heterocycles. The molecule has 0 aliphatic heterocycles. The van der Waals surface area contributed by atoms with Gasteiger partial charge in [0.1, 0.15) is 5.82 Å². The summed E-state index contributed by atoms with van der Waals surface area (Å²) in [6.07, 6.45) is 1.45. The van der Waals surface area contributed by atoms with Crippen LogP contribution in [-0.2, 0) is 23.6 Å². The lowest BCUT2D eigenvalue weighted by molar-refractivity contribution is 0.0949. The van der Waals surface area contributed by atoms with E-state index >= 15 is 0 Å². The van der Waals surface area contributed by atoms with Gasteiger partial charge in [-0.25, -0.2) is 18.1 Å². The van der Waals surface area contributed by atoms with Crippen molar-refractivity contribution in [2.45, 2.75) is 11.4 Å². The third-order valence-electron chi connectivity index (χ3n) is 4.11. The van der Waals surface area contributed by atoms with Crippen LogP contribution in [0.3, 0.4) is 0 Å². The molecule has 27 heavy (non-hydrogen) atoms. The number of rotatable bonds is 7. The highest BCUT2D eigenvalue weighted by Crippen LogP contribution is 2.15. The van der Waals surface area contributed by atoms with E-state index in [0.717, 1.165) is 11.0 Å². The second-order valence-electron chi connectivity index (χ2n) is 5.93. The zero-order chi connectivity index (χ0) is 19.4. The van der Waals surface area contributed by atoms with E-state index in [-0.39, 0.29) is 29.5 Å². The van der Waals surface area contributed by atoms with Crippen LogP contribution in [0.15, 0.2) is 66.1 Å². The van der Waals surface area contributed by atoms with Crippen molar-refractivity contribution < 1.29 is 13.2 Å². The molecule has 0 saturated heterocycles. The van der Waals surface area contributed by atoms with Crippen molar-refractivity contribution in [1.29, 1.82) is 0 Å². The van der Waals surface area contributed by atoms with Crippen molar-refractivity contribution in [2.75, 3.05) is 6.54 Å². The molecule has 2 N–H and O–H groups in total. The quantitative estimate of drug-likeness (QED) is 0.609. The van der Waals surface area contributed by atoms with Crippen LogP contribution in [0.2, 0.25) is 0 Å². The number of amides is 1. The molecular weight excluding hydrogens is 364 g/mol. The number of imidazole rings is 1. The van der Waals surface area contributed by atoms with Crippen LogP contribution in [-0.4, -0.2) is 30.4 Å². The Balaban J connectivity index is 1.75. The van der Waals surface area contributed by atoms with Crippen molar-refractivity contribution in [3.8, 4) is 0 Å². The minimum atomic E-state index is -3.69.